The van der Waals surface area contributed by atoms with Crippen LogP contribution in [0.1, 0.15) is 37.5 Å². The molecule has 3 rings (SSSR count). The van der Waals surface area contributed by atoms with E-state index in [-0.39, 0.29) is 18.2 Å². The number of hydrogen-bond donors (Lipinski definition) is 2. The van der Waals surface area contributed by atoms with Gasteiger partial charge in [0.05, 0.1) is 23.6 Å². The van der Waals surface area contributed by atoms with Crippen molar-refractivity contribution in [3.05, 3.63) is 28.4 Å². The maximum atomic E-state index is 12.3. The standard InChI is InChI=1S/C18H29N3O3Si/c1-25(2,3)9-8-24-12-21-15(17(22)13-6-4-5-7-13)10-14-16(21)18(23)20-11-19-14/h10-11,13,17,22H,4-9,12H2,1-3H3,(H,19,20,23). The van der Waals surface area contributed by atoms with Gasteiger partial charge < -0.3 is 19.4 Å². The summed E-state index contributed by atoms with van der Waals surface area (Å²) in [7, 11) is -1.16. The van der Waals surface area contributed by atoms with Gasteiger partial charge in [0.15, 0.2) is 0 Å². The Bertz CT molecular complexity index is 772. The molecule has 25 heavy (non-hydrogen) atoms. The second-order valence-corrected chi connectivity index (χ2v) is 13.9. The van der Waals surface area contributed by atoms with Crippen LogP contribution in [0, 0.1) is 5.92 Å². The average molecular weight is 364 g/mol. The van der Waals surface area contributed by atoms with Gasteiger partial charge >= 0.3 is 0 Å². The summed E-state index contributed by atoms with van der Waals surface area (Å²) in [6, 6.07) is 2.91. The molecule has 2 aromatic heterocycles. The zero-order valence-corrected chi connectivity index (χ0v) is 16.4. The fraction of sp³-hybridized carbons (Fsp3) is 0.667. The molecule has 2 aromatic rings. The maximum Gasteiger partial charge on any atom is 0.275 e. The number of ether oxygens (including phenoxy) is 1. The monoisotopic (exact) mass is 363 g/mol. The van der Waals surface area contributed by atoms with Crippen molar-refractivity contribution in [2.75, 3.05) is 6.61 Å². The SMILES string of the molecule is C[Si](C)(C)CCOCn1c(C(O)C2CCCC2)cc2nc[nH]c(=O)c21. The summed E-state index contributed by atoms with van der Waals surface area (Å²) in [5.41, 5.74) is 1.66. The van der Waals surface area contributed by atoms with Gasteiger partial charge in [-0.1, -0.05) is 32.5 Å². The number of aliphatic hydroxyl groups is 1. The van der Waals surface area contributed by atoms with Crippen molar-refractivity contribution in [2.24, 2.45) is 5.92 Å². The third-order valence-corrected chi connectivity index (χ3v) is 6.79. The summed E-state index contributed by atoms with van der Waals surface area (Å²) in [4.78, 5) is 19.2. The lowest BCUT2D eigenvalue weighted by Gasteiger charge is -2.21. The Morgan fingerprint density at radius 1 is 1.40 bits per heavy atom. The van der Waals surface area contributed by atoms with Crippen LogP contribution in [0.2, 0.25) is 25.7 Å². The lowest BCUT2D eigenvalue weighted by Crippen LogP contribution is -2.23. The third-order valence-electron chi connectivity index (χ3n) is 5.09. The molecule has 0 spiro atoms. The van der Waals surface area contributed by atoms with Crippen LogP contribution in [0.3, 0.4) is 0 Å². The highest BCUT2D eigenvalue weighted by Crippen LogP contribution is 2.36. The Kier molecular flexibility index (Phi) is 5.45. The van der Waals surface area contributed by atoms with E-state index < -0.39 is 14.2 Å². The van der Waals surface area contributed by atoms with Crippen molar-refractivity contribution < 1.29 is 9.84 Å². The summed E-state index contributed by atoms with van der Waals surface area (Å²) < 4.78 is 7.69. The van der Waals surface area contributed by atoms with E-state index in [9.17, 15) is 9.90 Å². The van der Waals surface area contributed by atoms with Crippen LogP contribution in [0.25, 0.3) is 11.0 Å². The minimum atomic E-state index is -1.16. The van der Waals surface area contributed by atoms with Crippen LogP contribution in [0.5, 0.6) is 0 Å². The summed E-state index contributed by atoms with van der Waals surface area (Å²) in [6.45, 7) is 7.89. The summed E-state index contributed by atoms with van der Waals surface area (Å²) in [5, 5.41) is 10.9. The van der Waals surface area contributed by atoms with E-state index >= 15 is 0 Å². The molecule has 0 aliphatic heterocycles. The fourth-order valence-corrected chi connectivity index (χ4v) is 4.31. The first-order valence-electron chi connectivity index (χ1n) is 9.19. The molecule has 7 heteroatoms. The van der Waals surface area contributed by atoms with Gasteiger partial charge in [-0.25, -0.2) is 4.98 Å². The summed E-state index contributed by atoms with van der Waals surface area (Å²) in [6.07, 6.45) is 5.22. The highest BCUT2D eigenvalue weighted by molar-refractivity contribution is 6.76. The van der Waals surface area contributed by atoms with Gasteiger partial charge in [0.25, 0.3) is 5.56 Å². The topological polar surface area (TPSA) is 80.1 Å². The number of aromatic nitrogens is 3. The number of hydrogen-bond acceptors (Lipinski definition) is 4. The lowest BCUT2D eigenvalue weighted by molar-refractivity contribution is 0.0662. The first kappa shape index (κ1) is 18.4. The Balaban J connectivity index is 1.87. The fourth-order valence-electron chi connectivity index (χ4n) is 3.55. The number of aliphatic hydroxyl groups excluding tert-OH is 1. The molecule has 0 saturated heterocycles. The van der Waals surface area contributed by atoms with Gasteiger partial charge in [0.1, 0.15) is 12.2 Å². The van der Waals surface area contributed by atoms with E-state index in [4.69, 9.17) is 4.74 Å². The Labute approximate surface area is 149 Å². The average Bonchev–Trinajstić information content (AvgIpc) is 3.18. The number of aromatic amines is 1. The molecule has 0 bridgehead atoms. The first-order valence-corrected chi connectivity index (χ1v) is 12.9. The van der Waals surface area contributed by atoms with Crippen molar-refractivity contribution in [2.45, 2.75) is 64.2 Å². The van der Waals surface area contributed by atoms with Gasteiger partial charge in [0.2, 0.25) is 0 Å². The van der Waals surface area contributed by atoms with Crippen molar-refractivity contribution >= 4 is 19.1 Å². The molecular weight excluding hydrogens is 334 g/mol. The van der Waals surface area contributed by atoms with E-state index in [0.29, 0.717) is 17.6 Å². The van der Waals surface area contributed by atoms with Crippen LogP contribution >= 0.6 is 0 Å². The number of fused-ring (bicyclic) bond motifs is 1. The molecule has 6 nitrogen and oxygen atoms in total. The largest absolute Gasteiger partial charge is 0.387 e. The maximum absolute atomic E-state index is 12.3. The molecule has 1 atom stereocenters. The van der Waals surface area contributed by atoms with Gasteiger partial charge in [-0.05, 0) is 30.9 Å². The molecule has 1 fully saturated rings. The molecule has 1 aliphatic carbocycles. The molecule has 1 unspecified atom stereocenters. The minimum Gasteiger partial charge on any atom is -0.387 e. The molecule has 1 saturated carbocycles. The first-order chi connectivity index (χ1) is 11.9. The van der Waals surface area contributed by atoms with Gasteiger partial charge in [-0.15, -0.1) is 0 Å². The van der Waals surface area contributed by atoms with Crippen molar-refractivity contribution in [1.82, 2.24) is 14.5 Å². The van der Waals surface area contributed by atoms with E-state index in [1.165, 1.54) is 6.33 Å². The number of nitrogens with zero attached hydrogens (tertiary/aromatic N) is 2. The van der Waals surface area contributed by atoms with Gasteiger partial charge in [-0.3, -0.25) is 4.79 Å². The highest BCUT2D eigenvalue weighted by Gasteiger charge is 2.28. The molecule has 1 aliphatic rings. The molecule has 138 valence electrons. The second-order valence-electron chi connectivity index (χ2n) is 8.30. The predicted octanol–water partition coefficient (Wildman–Crippen LogP) is 3.26. The summed E-state index contributed by atoms with van der Waals surface area (Å²) >= 11 is 0. The van der Waals surface area contributed by atoms with Crippen LogP contribution in [0.15, 0.2) is 17.2 Å². The molecule has 0 amide bonds. The highest BCUT2D eigenvalue weighted by atomic mass is 28.3. The predicted molar refractivity (Wildman–Crippen MR) is 101 cm³/mol. The quantitative estimate of drug-likeness (QED) is 0.584. The van der Waals surface area contributed by atoms with Gasteiger partial charge in [-0.2, -0.15) is 0 Å². The van der Waals surface area contributed by atoms with Crippen LogP contribution in [0.4, 0.5) is 0 Å². The Morgan fingerprint density at radius 3 is 2.80 bits per heavy atom. The lowest BCUT2D eigenvalue weighted by atomic mass is 9.98. The van der Waals surface area contributed by atoms with Crippen LogP contribution < -0.4 is 5.56 Å². The minimum absolute atomic E-state index is 0.191. The van der Waals surface area contributed by atoms with Crippen molar-refractivity contribution in [3.63, 3.8) is 0 Å². The number of rotatable bonds is 7. The smallest absolute Gasteiger partial charge is 0.275 e. The second kappa shape index (κ2) is 7.43. The van der Waals surface area contributed by atoms with E-state index in [1.807, 2.05) is 10.6 Å². The van der Waals surface area contributed by atoms with Crippen molar-refractivity contribution in [3.8, 4) is 0 Å². The van der Waals surface area contributed by atoms with Crippen LogP contribution in [-0.4, -0.2) is 34.3 Å². The molecule has 0 aromatic carbocycles. The Hall–Kier alpha value is -1.44. The van der Waals surface area contributed by atoms with Gasteiger partial charge in [0, 0.05) is 14.7 Å². The van der Waals surface area contributed by atoms with E-state index in [1.54, 1.807) is 0 Å². The zero-order valence-electron chi connectivity index (χ0n) is 15.4. The van der Waals surface area contributed by atoms with E-state index in [2.05, 4.69) is 29.6 Å². The zero-order chi connectivity index (χ0) is 18.0. The summed E-state index contributed by atoms with van der Waals surface area (Å²) in [5.74, 6) is 0.254. The third kappa shape index (κ3) is 4.21. The van der Waals surface area contributed by atoms with E-state index in [0.717, 1.165) is 37.4 Å². The number of H-pyrrole nitrogens is 1. The molecular formula is C18H29N3O3Si. The normalized spacial score (nSPS) is 17.4. The number of nitrogens with one attached hydrogen (secondary N) is 1. The van der Waals surface area contributed by atoms with Crippen LogP contribution in [-0.2, 0) is 11.5 Å². The van der Waals surface area contributed by atoms with Crippen molar-refractivity contribution in [1.29, 1.82) is 0 Å². The molecule has 2 heterocycles. The Morgan fingerprint density at radius 2 is 2.12 bits per heavy atom. The molecule has 0 radical (unpaired) electrons. The molecule has 2 N–H and O–H groups in total.